The van der Waals surface area contributed by atoms with Crippen molar-refractivity contribution in [1.29, 1.82) is 0 Å². The van der Waals surface area contributed by atoms with E-state index in [0.717, 1.165) is 14.5 Å². The number of nitrogens with zero attached hydrogens (tertiary/aromatic N) is 2. The minimum Gasteiger partial charge on any atom is -0.493 e. The van der Waals surface area contributed by atoms with E-state index in [1.807, 2.05) is 6.07 Å². The zero-order valence-electron chi connectivity index (χ0n) is 12.2. The first-order chi connectivity index (χ1) is 11.1. The van der Waals surface area contributed by atoms with Crippen LogP contribution in [0.1, 0.15) is 5.56 Å². The molecule has 1 aromatic heterocycles. The van der Waals surface area contributed by atoms with Crippen LogP contribution in [-0.2, 0) is 0 Å². The summed E-state index contributed by atoms with van der Waals surface area (Å²) in [7, 11) is 1.58. The number of hydrogen-bond donors (Lipinski definition) is 2. The third-order valence-electron chi connectivity index (χ3n) is 2.61. The molecule has 23 heavy (non-hydrogen) atoms. The number of rotatable bonds is 7. The van der Waals surface area contributed by atoms with Crippen molar-refractivity contribution in [2.24, 2.45) is 5.10 Å². The lowest BCUT2D eigenvalue weighted by Gasteiger charge is -2.14. The minimum absolute atomic E-state index is 0.377. The molecule has 2 rings (SSSR count). The molecule has 0 amide bonds. The third kappa shape index (κ3) is 4.46. The first-order valence-corrected chi connectivity index (χ1v) is 8.83. The predicted octanol–water partition coefficient (Wildman–Crippen LogP) is 4.27. The van der Waals surface area contributed by atoms with Gasteiger partial charge in [-0.2, -0.15) is 5.10 Å². The number of methoxy groups -OCH3 is 1. The summed E-state index contributed by atoms with van der Waals surface area (Å²) in [4.78, 5) is 4.06. The van der Waals surface area contributed by atoms with E-state index in [2.05, 4.69) is 54.0 Å². The van der Waals surface area contributed by atoms with Crippen LogP contribution in [0.2, 0.25) is 0 Å². The van der Waals surface area contributed by atoms with Gasteiger partial charge in [-0.05, 0) is 37.9 Å². The maximum Gasteiger partial charge on any atom is 0.205 e. The van der Waals surface area contributed by atoms with Gasteiger partial charge in [0.2, 0.25) is 5.13 Å². The van der Waals surface area contributed by atoms with Crippen LogP contribution in [0.3, 0.4) is 0 Å². The monoisotopic (exact) mass is 460 g/mol. The van der Waals surface area contributed by atoms with Crippen LogP contribution in [-0.4, -0.2) is 24.9 Å². The summed E-state index contributed by atoms with van der Waals surface area (Å²) in [6.07, 6.45) is 3.31. The molecule has 0 atom stereocenters. The number of halogens is 2. The summed E-state index contributed by atoms with van der Waals surface area (Å²) in [5.41, 5.74) is 9.18. The Balaban J connectivity index is 2.24. The van der Waals surface area contributed by atoms with Crippen molar-refractivity contribution in [1.82, 2.24) is 4.98 Å². The van der Waals surface area contributed by atoms with Gasteiger partial charge < -0.3 is 15.2 Å². The molecule has 1 aromatic carbocycles. The fraction of sp³-hybridized carbons (Fsp3) is 0.143. The molecule has 0 radical (unpaired) electrons. The smallest absolute Gasteiger partial charge is 0.205 e. The summed E-state index contributed by atoms with van der Waals surface area (Å²) in [6, 6.07) is 1.81. The average molecular weight is 462 g/mol. The molecular weight excluding hydrogens is 448 g/mol. The summed E-state index contributed by atoms with van der Waals surface area (Å²) in [5, 5.41) is 6.50. The van der Waals surface area contributed by atoms with Gasteiger partial charge in [-0.1, -0.05) is 12.7 Å². The van der Waals surface area contributed by atoms with Gasteiger partial charge in [-0.3, -0.25) is 5.43 Å². The zero-order valence-corrected chi connectivity index (χ0v) is 16.2. The normalized spacial score (nSPS) is 10.7. The lowest BCUT2D eigenvalue weighted by Crippen LogP contribution is -2.00. The maximum absolute atomic E-state index is 5.62. The molecule has 0 unspecified atom stereocenters. The summed E-state index contributed by atoms with van der Waals surface area (Å²) >= 11 is 8.39. The van der Waals surface area contributed by atoms with Gasteiger partial charge in [0.15, 0.2) is 11.5 Å². The minimum atomic E-state index is 0.377. The highest BCUT2D eigenvalue weighted by molar-refractivity contribution is 9.13. The van der Waals surface area contributed by atoms with Gasteiger partial charge in [0.1, 0.15) is 12.4 Å². The number of anilines is 2. The van der Waals surface area contributed by atoms with Crippen LogP contribution >= 0.6 is 43.2 Å². The first-order valence-electron chi connectivity index (χ1n) is 6.36. The van der Waals surface area contributed by atoms with Crippen LogP contribution in [0.15, 0.2) is 38.1 Å². The quantitative estimate of drug-likeness (QED) is 0.365. The molecule has 0 aliphatic carbocycles. The van der Waals surface area contributed by atoms with E-state index in [0.29, 0.717) is 29.1 Å². The predicted molar refractivity (Wildman–Crippen MR) is 102 cm³/mol. The maximum atomic E-state index is 5.62. The fourth-order valence-electron chi connectivity index (χ4n) is 1.62. The Kier molecular flexibility index (Phi) is 6.43. The number of nitrogens with two attached hydrogens (primary N) is 1. The number of aromatic nitrogens is 1. The Morgan fingerprint density at radius 2 is 2.26 bits per heavy atom. The van der Waals surface area contributed by atoms with E-state index in [9.17, 15) is 0 Å². The van der Waals surface area contributed by atoms with Gasteiger partial charge >= 0.3 is 0 Å². The van der Waals surface area contributed by atoms with Crippen molar-refractivity contribution in [3.63, 3.8) is 0 Å². The zero-order chi connectivity index (χ0) is 16.8. The Morgan fingerprint density at radius 3 is 2.87 bits per heavy atom. The van der Waals surface area contributed by atoms with Crippen molar-refractivity contribution in [3.05, 3.63) is 38.6 Å². The van der Waals surface area contributed by atoms with E-state index in [1.165, 1.54) is 11.3 Å². The molecule has 0 aliphatic heterocycles. The van der Waals surface area contributed by atoms with Crippen LogP contribution in [0, 0.1) is 0 Å². The van der Waals surface area contributed by atoms with Gasteiger partial charge in [-0.25, -0.2) is 4.98 Å². The van der Waals surface area contributed by atoms with Crippen molar-refractivity contribution in [3.8, 4) is 11.5 Å². The molecule has 0 fully saturated rings. The van der Waals surface area contributed by atoms with Crippen molar-refractivity contribution in [2.45, 2.75) is 0 Å². The number of thiazole rings is 1. The van der Waals surface area contributed by atoms with Crippen molar-refractivity contribution >= 4 is 60.4 Å². The second-order valence-corrected chi connectivity index (χ2v) is 6.62. The molecule has 6 nitrogen and oxygen atoms in total. The van der Waals surface area contributed by atoms with Crippen LogP contribution < -0.4 is 20.6 Å². The van der Waals surface area contributed by atoms with Crippen LogP contribution in [0.5, 0.6) is 11.5 Å². The van der Waals surface area contributed by atoms with Gasteiger partial charge in [-0.15, -0.1) is 11.3 Å². The number of ether oxygens (including phenoxy) is 2. The Labute approximate surface area is 154 Å². The van der Waals surface area contributed by atoms with Crippen molar-refractivity contribution in [2.75, 3.05) is 24.9 Å². The highest BCUT2D eigenvalue weighted by Crippen LogP contribution is 2.42. The first kappa shape index (κ1) is 17.8. The molecule has 0 spiro atoms. The second-order valence-electron chi connectivity index (χ2n) is 4.17. The largest absolute Gasteiger partial charge is 0.493 e. The lowest BCUT2D eigenvalue weighted by molar-refractivity contribution is 0.324. The number of benzene rings is 1. The van der Waals surface area contributed by atoms with E-state index in [1.54, 1.807) is 24.8 Å². The molecular formula is C14H14Br2N4O2S. The lowest BCUT2D eigenvalue weighted by atomic mass is 10.2. The molecule has 0 bridgehead atoms. The topological polar surface area (TPSA) is 81.8 Å². The average Bonchev–Trinajstić information content (AvgIpc) is 2.95. The SMILES string of the molecule is C=CCOc1c(OC)cc(C=NNc2nc(N)cs2)c(Br)c1Br. The van der Waals surface area contributed by atoms with E-state index in [4.69, 9.17) is 15.2 Å². The van der Waals surface area contributed by atoms with E-state index in [-0.39, 0.29) is 0 Å². The number of hydrogen-bond acceptors (Lipinski definition) is 7. The Morgan fingerprint density at radius 1 is 1.48 bits per heavy atom. The highest BCUT2D eigenvalue weighted by Gasteiger charge is 2.16. The van der Waals surface area contributed by atoms with E-state index < -0.39 is 0 Å². The number of hydrazone groups is 1. The molecule has 9 heteroatoms. The van der Waals surface area contributed by atoms with Crippen LogP contribution in [0.25, 0.3) is 0 Å². The molecule has 3 N–H and O–H groups in total. The second kappa shape index (κ2) is 8.32. The summed E-state index contributed by atoms with van der Waals surface area (Å²) < 4.78 is 12.5. The molecule has 2 aromatic rings. The molecule has 1 heterocycles. The highest BCUT2D eigenvalue weighted by atomic mass is 79.9. The van der Waals surface area contributed by atoms with Gasteiger partial charge in [0, 0.05) is 15.4 Å². The molecule has 0 saturated heterocycles. The molecule has 0 saturated carbocycles. The fourth-order valence-corrected chi connectivity index (χ4v) is 3.11. The van der Waals surface area contributed by atoms with Gasteiger partial charge in [0.05, 0.1) is 17.8 Å². The van der Waals surface area contributed by atoms with Crippen molar-refractivity contribution < 1.29 is 9.47 Å². The van der Waals surface area contributed by atoms with Crippen LogP contribution in [0.4, 0.5) is 10.9 Å². The Bertz CT molecular complexity index is 734. The van der Waals surface area contributed by atoms with Gasteiger partial charge in [0.25, 0.3) is 0 Å². The Hall–Kier alpha value is -1.58. The summed E-state index contributed by atoms with van der Waals surface area (Å²) in [6.45, 7) is 4.01. The van der Waals surface area contributed by atoms with E-state index >= 15 is 0 Å². The summed E-state index contributed by atoms with van der Waals surface area (Å²) in [5.74, 6) is 1.64. The third-order valence-corrected chi connectivity index (χ3v) is 5.52. The number of nitrogen functional groups attached to an aromatic ring is 1. The molecule has 0 aliphatic rings. The molecule has 122 valence electrons. The standard InChI is InChI=1S/C14H14Br2N4O2S/c1-3-4-22-13-9(21-2)5-8(11(15)12(13)16)6-18-20-14-19-10(17)7-23-14/h3,5-7H,1,4,17H2,2H3,(H,19,20). The number of nitrogens with one attached hydrogen (secondary N) is 1.